The van der Waals surface area contributed by atoms with Gasteiger partial charge < -0.3 is 21.9 Å². The Morgan fingerprint density at radius 3 is 2.84 bits per heavy atom. The third-order valence-corrected chi connectivity index (χ3v) is 3.76. The highest BCUT2D eigenvalue weighted by Gasteiger charge is 2.28. The van der Waals surface area contributed by atoms with Crippen LogP contribution in [-0.2, 0) is 4.79 Å². The largest absolute Gasteiger partial charge is 0.508 e. The minimum absolute atomic E-state index is 0.161. The fraction of sp³-hybridized carbons (Fsp3) is 0.500. The first kappa shape index (κ1) is 13.7. The van der Waals surface area contributed by atoms with Gasteiger partial charge in [0.25, 0.3) is 0 Å². The molecule has 2 rings (SSSR count). The summed E-state index contributed by atoms with van der Waals surface area (Å²) < 4.78 is 0. The molecule has 1 saturated carbocycles. The van der Waals surface area contributed by atoms with Crippen LogP contribution in [0.3, 0.4) is 0 Å². The zero-order valence-corrected chi connectivity index (χ0v) is 10.9. The van der Waals surface area contributed by atoms with Crippen molar-refractivity contribution in [2.24, 2.45) is 5.73 Å². The number of carbonyl (C=O) groups excluding carboxylic acids is 1. The molecule has 2 atom stereocenters. The summed E-state index contributed by atoms with van der Waals surface area (Å²) in [5.41, 5.74) is 12.5. The van der Waals surface area contributed by atoms with Gasteiger partial charge in [-0.3, -0.25) is 4.79 Å². The molecule has 5 heteroatoms. The van der Waals surface area contributed by atoms with E-state index in [9.17, 15) is 9.90 Å². The molecule has 0 radical (unpaired) electrons. The number of nitrogen functional groups attached to an aromatic ring is 1. The van der Waals surface area contributed by atoms with Crippen LogP contribution in [0.5, 0.6) is 5.75 Å². The van der Waals surface area contributed by atoms with Crippen molar-refractivity contribution in [2.75, 3.05) is 12.3 Å². The Morgan fingerprint density at radius 2 is 2.11 bits per heavy atom. The van der Waals surface area contributed by atoms with E-state index in [1.54, 1.807) is 12.1 Å². The molecule has 5 nitrogen and oxygen atoms in total. The van der Waals surface area contributed by atoms with Crippen molar-refractivity contribution in [3.8, 4) is 5.75 Å². The average molecular weight is 263 g/mol. The first-order chi connectivity index (χ1) is 9.08. The number of phenols is 1. The molecule has 19 heavy (non-hydrogen) atoms. The van der Waals surface area contributed by atoms with Gasteiger partial charge >= 0.3 is 0 Å². The Hall–Kier alpha value is -1.75. The van der Waals surface area contributed by atoms with Crippen LogP contribution in [0.1, 0.15) is 37.2 Å². The number of aromatic hydroxyl groups is 1. The molecular formula is C14H21N3O2. The standard InChI is InChI=1S/C14H21N3O2/c15-9-5-6-13(18)11(7-9)10-3-1-2-4-12(10)17-8-14(16)19/h5-7,10,12,17-18H,1-4,8,15H2,(H2,16,19). The summed E-state index contributed by atoms with van der Waals surface area (Å²) in [6, 6.07) is 5.30. The molecule has 0 spiro atoms. The number of benzene rings is 1. The van der Waals surface area contributed by atoms with Gasteiger partial charge in [-0.2, -0.15) is 0 Å². The van der Waals surface area contributed by atoms with E-state index in [1.165, 1.54) is 0 Å². The van der Waals surface area contributed by atoms with Crippen LogP contribution in [0.25, 0.3) is 0 Å². The number of primary amides is 1. The van der Waals surface area contributed by atoms with Crippen molar-refractivity contribution in [3.05, 3.63) is 23.8 Å². The Balaban J connectivity index is 2.18. The molecule has 0 saturated heterocycles. The summed E-state index contributed by atoms with van der Waals surface area (Å²) in [5, 5.41) is 13.2. The van der Waals surface area contributed by atoms with Gasteiger partial charge in [0.2, 0.25) is 5.91 Å². The van der Waals surface area contributed by atoms with E-state index in [0.717, 1.165) is 31.2 Å². The van der Waals surface area contributed by atoms with Gasteiger partial charge in [-0.05, 0) is 31.0 Å². The Bertz CT molecular complexity index is 462. The number of phenolic OH excluding ortho intramolecular Hbond substituents is 1. The number of nitrogens with two attached hydrogens (primary N) is 2. The Kier molecular flexibility index (Phi) is 4.27. The minimum atomic E-state index is -0.360. The molecule has 1 aliphatic rings. The Labute approximate surface area is 113 Å². The fourth-order valence-electron chi connectivity index (χ4n) is 2.85. The SMILES string of the molecule is NC(=O)CNC1CCCCC1c1cc(N)ccc1O. The van der Waals surface area contributed by atoms with Gasteiger partial charge in [0, 0.05) is 23.2 Å². The summed E-state index contributed by atoms with van der Waals surface area (Å²) in [5.74, 6) is 0.0877. The molecule has 0 aliphatic heterocycles. The van der Waals surface area contributed by atoms with Gasteiger partial charge in [-0.25, -0.2) is 0 Å². The second-order valence-corrected chi connectivity index (χ2v) is 5.16. The summed E-state index contributed by atoms with van der Waals surface area (Å²) in [6.07, 6.45) is 4.20. The van der Waals surface area contributed by atoms with Crippen molar-refractivity contribution in [1.29, 1.82) is 0 Å². The summed E-state index contributed by atoms with van der Waals surface area (Å²) in [7, 11) is 0. The van der Waals surface area contributed by atoms with Crippen LogP contribution >= 0.6 is 0 Å². The molecule has 1 aromatic carbocycles. The highest BCUT2D eigenvalue weighted by atomic mass is 16.3. The van der Waals surface area contributed by atoms with Gasteiger partial charge in [0.15, 0.2) is 0 Å². The minimum Gasteiger partial charge on any atom is -0.508 e. The van der Waals surface area contributed by atoms with Crippen molar-refractivity contribution in [3.63, 3.8) is 0 Å². The number of carbonyl (C=O) groups is 1. The fourth-order valence-corrected chi connectivity index (χ4v) is 2.85. The van der Waals surface area contributed by atoms with E-state index < -0.39 is 0 Å². The van der Waals surface area contributed by atoms with Crippen LogP contribution < -0.4 is 16.8 Å². The Morgan fingerprint density at radius 1 is 1.37 bits per heavy atom. The van der Waals surface area contributed by atoms with Gasteiger partial charge in [-0.15, -0.1) is 0 Å². The predicted octanol–water partition coefficient (Wildman–Crippen LogP) is 1.08. The van der Waals surface area contributed by atoms with Crippen molar-refractivity contribution in [1.82, 2.24) is 5.32 Å². The second kappa shape index (κ2) is 5.93. The van der Waals surface area contributed by atoms with E-state index >= 15 is 0 Å². The molecule has 1 aliphatic carbocycles. The third-order valence-electron chi connectivity index (χ3n) is 3.76. The summed E-state index contributed by atoms with van der Waals surface area (Å²) >= 11 is 0. The summed E-state index contributed by atoms with van der Waals surface area (Å²) in [6.45, 7) is 0.171. The molecule has 0 heterocycles. The van der Waals surface area contributed by atoms with Crippen molar-refractivity contribution in [2.45, 2.75) is 37.6 Å². The highest BCUT2D eigenvalue weighted by Crippen LogP contribution is 2.38. The van der Waals surface area contributed by atoms with E-state index in [0.29, 0.717) is 5.69 Å². The van der Waals surface area contributed by atoms with Crippen molar-refractivity contribution >= 4 is 11.6 Å². The number of hydrogen-bond donors (Lipinski definition) is 4. The monoisotopic (exact) mass is 263 g/mol. The number of hydrogen-bond acceptors (Lipinski definition) is 4. The molecule has 2 unspecified atom stereocenters. The lowest BCUT2D eigenvalue weighted by Gasteiger charge is -2.33. The van der Waals surface area contributed by atoms with Crippen LogP contribution in [0.2, 0.25) is 0 Å². The number of rotatable bonds is 4. The normalized spacial score (nSPS) is 23.2. The molecule has 0 aromatic heterocycles. The zero-order chi connectivity index (χ0) is 13.8. The maximum atomic E-state index is 10.9. The van der Waals surface area contributed by atoms with E-state index in [-0.39, 0.29) is 30.2 Å². The molecule has 6 N–H and O–H groups in total. The second-order valence-electron chi connectivity index (χ2n) is 5.16. The third kappa shape index (κ3) is 3.38. The van der Waals surface area contributed by atoms with Crippen LogP contribution in [0, 0.1) is 0 Å². The maximum Gasteiger partial charge on any atom is 0.231 e. The number of amides is 1. The van der Waals surface area contributed by atoms with E-state index in [2.05, 4.69) is 5.32 Å². The molecule has 1 fully saturated rings. The lowest BCUT2D eigenvalue weighted by atomic mass is 9.79. The molecule has 1 amide bonds. The zero-order valence-electron chi connectivity index (χ0n) is 10.9. The van der Waals surface area contributed by atoms with Crippen molar-refractivity contribution < 1.29 is 9.90 Å². The molecule has 1 aromatic rings. The van der Waals surface area contributed by atoms with Gasteiger partial charge in [-0.1, -0.05) is 12.8 Å². The van der Waals surface area contributed by atoms with E-state index in [1.807, 2.05) is 6.07 Å². The molecule has 0 bridgehead atoms. The number of nitrogens with one attached hydrogen (secondary N) is 1. The van der Waals surface area contributed by atoms with Crippen LogP contribution in [-0.4, -0.2) is 23.6 Å². The quantitative estimate of drug-likeness (QED) is 0.482. The molecule has 104 valence electrons. The van der Waals surface area contributed by atoms with Crippen LogP contribution in [0.15, 0.2) is 18.2 Å². The lowest BCUT2D eigenvalue weighted by Crippen LogP contribution is -2.41. The highest BCUT2D eigenvalue weighted by molar-refractivity contribution is 5.75. The summed E-state index contributed by atoms with van der Waals surface area (Å²) in [4.78, 5) is 10.9. The first-order valence-electron chi connectivity index (χ1n) is 6.68. The molecular weight excluding hydrogens is 242 g/mol. The van der Waals surface area contributed by atoms with E-state index in [4.69, 9.17) is 11.5 Å². The smallest absolute Gasteiger partial charge is 0.231 e. The topological polar surface area (TPSA) is 101 Å². The maximum absolute atomic E-state index is 10.9. The lowest BCUT2D eigenvalue weighted by molar-refractivity contribution is -0.117. The first-order valence-corrected chi connectivity index (χ1v) is 6.68. The van der Waals surface area contributed by atoms with Crippen LogP contribution in [0.4, 0.5) is 5.69 Å². The number of anilines is 1. The predicted molar refractivity (Wildman–Crippen MR) is 74.7 cm³/mol. The average Bonchev–Trinajstić information content (AvgIpc) is 2.39. The van der Waals surface area contributed by atoms with Gasteiger partial charge in [0.1, 0.15) is 5.75 Å². The van der Waals surface area contributed by atoms with Gasteiger partial charge in [0.05, 0.1) is 6.54 Å².